The van der Waals surface area contributed by atoms with E-state index in [4.69, 9.17) is 29.0 Å². The molecule has 0 aliphatic heterocycles. The van der Waals surface area contributed by atoms with Gasteiger partial charge in [-0.25, -0.2) is 0 Å². The van der Waals surface area contributed by atoms with Gasteiger partial charge in [-0.15, -0.1) is 0 Å². The van der Waals surface area contributed by atoms with Crippen LogP contribution in [0.4, 0.5) is 0 Å². The SMILES string of the molecule is Cc1ccc(CC(NN)c2cc(Cl)ccc2Cl)cc1C. The molecule has 0 fully saturated rings. The van der Waals surface area contributed by atoms with Gasteiger partial charge >= 0.3 is 0 Å². The van der Waals surface area contributed by atoms with Gasteiger partial charge in [-0.3, -0.25) is 11.3 Å². The number of rotatable bonds is 4. The van der Waals surface area contributed by atoms with Crippen LogP contribution in [0.1, 0.15) is 28.3 Å². The van der Waals surface area contributed by atoms with Gasteiger partial charge in [-0.1, -0.05) is 41.4 Å². The summed E-state index contributed by atoms with van der Waals surface area (Å²) < 4.78 is 0. The summed E-state index contributed by atoms with van der Waals surface area (Å²) in [6, 6.07) is 11.8. The van der Waals surface area contributed by atoms with Gasteiger partial charge in [-0.2, -0.15) is 0 Å². The van der Waals surface area contributed by atoms with Crippen molar-refractivity contribution in [2.75, 3.05) is 0 Å². The average Bonchev–Trinajstić information content (AvgIpc) is 2.43. The van der Waals surface area contributed by atoms with Crippen LogP contribution in [0.25, 0.3) is 0 Å². The van der Waals surface area contributed by atoms with Gasteiger partial charge in [0.15, 0.2) is 0 Å². The minimum atomic E-state index is -0.0664. The predicted octanol–water partition coefficient (Wildman–Crippen LogP) is 4.36. The van der Waals surface area contributed by atoms with Crippen LogP contribution < -0.4 is 11.3 Å². The topological polar surface area (TPSA) is 38.0 Å². The van der Waals surface area contributed by atoms with Crippen molar-refractivity contribution in [3.05, 3.63) is 68.7 Å². The zero-order valence-electron chi connectivity index (χ0n) is 11.6. The third-order valence-electron chi connectivity index (χ3n) is 3.55. The standard InChI is InChI=1S/C16H18Cl2N2/c1-10-3-4-12(7-11(10)2)8-16(20-19)14-9-13(17)5-6-15(14)18/h3-7,9,16,20H,8,19H2,1-2H3. The first kappa shape index (κ1) is 15.3. The molecule has 0 aromatic heterocycles. The lowest BCUT2D eigenvalue weighted by Crippen LogP contribution is -2.29. The molecule has 20 heavy (non-hydrogen) atoms. The average molecular weight is 309 g/mol. The Kier molecular flexibility index (Phi) is 5.06. The van der Waals surface area contributed by atoms with Gasteiger partial charge in [0.25, 0.3) is 0 Å². The van der Waals surface area contributed by atoms with Crippen LogP contribution in [0.15, 0.2) is 36.4 Å². The van der Waals surface area contributed by atoms with Gasteiger partial charge in [0.2, 0.25) is 0 Å². The number of nitrogens with two attached hydrogens (primary N) is 1. The first-order valence-corrected chi connectivity index (χ1v) is 7.24. The Bertz CT molecular complexity index is 611. The molecule has 2 aromatic rings. The van der Waals surface area contributed by atoms with Crippen molar-refractivity contribution < 1.29 is 0 Å². The minimum Gasteiger partial charge on any atom is -0.271 e. The van der Waals surface area contributed by atoms with E-state index in [1.54, 1.807) is 12.1 Å². The fourth-order valence-electron chi connectivity index (χ4n) is 2.21. The fraction of sp³-hybridized carbons (Fsp3) is 0.250. The Balaban J connectivity index is 2.28. The highest BCUT2D eigenvalue weighted by atomic mass is 35.5. The molecule has 3 N–H and O–H groups in total. The summed E-state index contributed by atoms with van der Waals surface area (Å²) in [7, 11) is 0. The Hall–Kier alpha value is -1.06. The zero-order valence-corrected chi connectivity index (χ0v) is 13.1. The highest BCUT2D eigenvalue weighted by molar-refractivity contribution is 6.33. The maximum atomic E-state index is 6.24. The molecule has 4 heteroatoms. The molecular weight excluding hydrogens is 291 g/mol. The molecule has 0 bridgehead atoms. The van der Waals surface area contributed by atoms with E-state index in [0.29, 0.717) is 10.0 Å². The van der Waals surface area contributed by atoms with Gasteiger partial charge in [0.05, 0.1) is 6.04 Å². The van der Waals surface area contributed by atoms with Crippen molar-refractivity contribution >= 4 is 23.2 Å². The third-order valence-corrected chi connectivity index (χ3v) is 4.13. The fourth-order valence-corrected chi connectivity index (χ4v) is 2.64. The molecule has 0 amide bonds. The third kappa shape index (κ3) is 3.53. The van der Waals surface area contributed by atoms with Crippen molar-refractivity contribution in [1.29, 1.82) is 0 Å². The van der Waals surface area contributed by atoms with E-state index in [-0.39, 0.29) is 6.04 Å². The van der Waals surface area contributed by atoms with Gasteiger partial charge < -0.3 is 0 Å². The van der Waals surface area contributed by atoms with Gasteiger partial charge in [0, 0.05) is 10.0 Å². The van der Waals surface area contributed by atoms with Gasteiger partial charge in [0.1, 0.15) is 0 Å². The molecule has 0 aliphatic rings. The molecule has 1 unspecified atom stereocenters. The number of hydrazine groups is 1. The maximum absolute atomic E-state index is 6.24. The number of hydrogen-bond donors (Lipinski definition) is 2. The summed E-state index contributed by atoms with van der Waals surface area (Å²) in [6.45, 7) is 4.21. The lowest BCUT2D eigenvalue weighted by molar-refractivity contribution is 0.552. The lowest BCUT2D eigenvalue weighted by atomic mass is 9.97. The molecule has 0 spiro atoms. The summed E-state index contributed by atoms with van der Waals surface area (Å²) in [4.78, 5) is 0. The summed E-state index contributed by atoms with van der Waals surface area (Å²) in [5.74, 6) is 5.69. The number of aryl methyl sites for hydroxylation is 2. The maximum Gasteiger partial charge on any atom is 0.0515 e. The van der Waals surface area contributed by atoms with Crippen LogP contribution in [-0.4, -0.2) is 0 Å². The van der Waals surface area contributed by atoms with E-state index in [9.17, 15) is 0 Å². The number of benzene rings is 2. The second-order valence-electron chi connectivity index (χ2n) is 5.01. The van der Waals surface area contributed by atoms with Crippen LogP contribution in [-0.2, 0) is 6.42 Å². The summed E-state index contributed by atoms with van der Waals surface area (Å²) in [5.41, 5.74) is 7.51. The largest absolute Gasteiger partial charge is 0.271 e. The first-order valence-electron chi connectivity index (χ1n) is 6.48. The second kappa shape index (κ2) is 6.59. The van der Waals surface area contributed by atoms with E-state index in [2.05, 4.69) is 37.5 Å². The summed E-state index contributed by atoms with van der Waals surface area (Å²) >= 11 is 12.3. The minimum absolute atomic E-state index is 0.0664. The molecule has 0 radical (unpaired) electrons. The monoisotopic (exact) mass is 308 g/mol. The smallest absolute Gasteiger partial charge is 0.0515 e. The molecule has 0 heterocycles. The van der Waals surface area contributed by atoms with Crippen LogP contribution in [0.5, 0.6) is 0 Å². The van der Waals surface area contributed by atoms with E-state index < -0.39 is 0 Å². The van der Waals surface area contributed by atoms with E-state index in [0.717, 1.165) is 12.0 Å². The van der Waals surface area contributed by atoms with Crippen LogP contribution in [0, 0.1) is 13.8 Å². The lowest BCUT2D eigenvalue weighted by Gasteiger charge is -2.18. The molecular formula is C16H18Cl2N2. The van der Waals surface area contributed by atoms with Crippen molar-refractivity contribution in [3.8, 4) is 0 Å². The Morgan fingerprint density at radius 1 is 1.05 bits per heavy atom. The molecule has 0 saturated carbocycles. The number of nitrogens with one attached hydrogen (secondary N) is 1. The van der Waals surface area contributed by atoms with Gasteiger partial charge in [-0.05, 0) is 60.7 Å². The quantitative estimate of drug-likeness (QED) is 0.650. The Labute approximate surface area is 129 Å². The van der Waals surface area contributed by atoms with Crippen LogP contribution in [0.2, 0.25) is 10.0 Å². The van der Waals surface area contributed by atoms with Crippen molar-refractivity contribution in [2.45, 2.75) is 26.3 Å². The second-order valence-corrected chi connectivity index (χ2v) is 5.85. The van der Waals surface area contributed by atoms with E-state index >= 15 is 0 Å². The summed E-state index contributed by atoms with van der Waals surface area (Å²) in [6.07, 6.45) is 0.762. The predicted molar refractivity (Wildman–Crippen MR) is 86.1 cm³/mol. The highest BCUT2D eigenvalue weighted by Crippen LogP contribution is 2.28. The first-order chi connectivity index (χ1) is 9.51. The molecule has 2 rings (SSSR count). The molecule has 0 aliphatic carbocycles. The summed E-state index contributed by atoms with van der Waals surface area (Å²) in [5, 5.41) is 1.32. The normalized spacial score (nSPS) is 12.4. The molecule has 2 aromatic carbocycles. The molecule has 1 atom stereocenters. The molecule has 0 saturated heterocycles. The van der Waals surface area contributed by atoms with E-state index in [1.165, 1.54) is 16.7 Å². The Morgan fingerprint density at radius 3 is 2.45 bits per heavy atom. The van der Waals surface area contributed by atoms with Crippen molar-refractivity contribution in [1.82, 2.24) is 5.43 Å². The van der Waals surface area contributed by atoms with Crippen molar-refractivity contribution in [2.24, 2.45) is 5.84 Å². The Morgan fingerprint density at radius 2 is 1.80 bits per heavy atom. The molecule has 106 valence electrons. The van der Waals surface area contributed by atoms with Crippen LogP contribution in [0.3, 0.4) is 0 Å². The number of hydrogen-bond acceptors (Lipinski definition) is 2. The van der Waals surface area contributed by atoms with Crippen LogP contribution >= 0.6 is 23.2 Å². The van der Waals surface area contributed by atoms with Crippen molar-refractivity contribution in [3.63, 3.8) is 0 Å². The van der Waals surface area contributed by atoms with E-state index in [1.807, 2.05) is 6.07 Å². The number of halogens is 2. The zero-order chi connectivity index (χ0) is 14.7. The highest BCUT2D eigenvalue weighted by Gasteiger charge is 2.15. The molecule has 2 nitrogen and oxygen atoms in total.